The first kappa shape index (κ1) is 11.1. The molecule has 0 aromatic carbocycles. The number of aromatic nitrogens is 2. The molecule has 2 rings (SSSR count). The molecular weight excluding hydrogens is 198 g/mol. The number of fused-ring (bicyclic) bond motifs is 1. The molecule has 1 atom stereocenters. The Labute approximate surface area is 96.5 Å². The van der Waals surface area contributed by atoms with Crippen LogP contribution < -0.4 is 5.32 Å². The van der Waals surface area contributed by atoms with Gasteiger partial charge in [0, 0.05) is 30.7 Å². The van der Waals surface area contributed by atoms with Gasteiger partial charge in [-0.15, -0.1) is 0 Å². The molecule has 0 fully saturated rings. The third kappa shape index (κ3) is 2.42. The number of hydrogen-bond donors (Lipinski definition) is 1. The quantitative estimate of drug-likeness (QED) is 0.834. The summed E-state index contributed by atoms with van der Waals surface area (Å²) in [5, 5.41) is 3.53. The maximum absolute atomic E-state index is 4.28. The molecule has 0 saturated carbocycles. The summed E-state index contributed by atoms with van der Waals surface area (Å²) in [7, 11) is 0. The van der Waals surface area contributed by atoms with Crippen LogP contribution in [-0.4, -0.2) is 15.4 Å². The molecule has 0 amide bonds. The minimum absolute atomic E-state index is 0.573. The Morgan fingerprint density at radius 1 is 1.44 bits per heavy atom. The van der Waals surface area contributed by atoms with Crippen molar-refractivity contribution in [1.29, 1.82) is 0 Å². The van der Waals surface area contributed by atoms with E-state index in [0.29, 0.717) is 6.04 Å². The second kappa shape index (κ2) is 5.12. The van der Waals surface area contributed by atoms with Gasteiger partial charge in [-0.25, -0.2) is 4.98 Å². The van der Waals surface area contributed by atoms with Gasteiger partial charge in [0.05, 0.1) is 0 Å². The van der Waals surface area contributed by atoms with Gasteiger partial charge in [0.25, 0.3) is 0 Å². The number of nitrogens with zero attached hydrogens (tertiary/aromatic N) is 2. The Morgan fingerprint density at radius 2 is 2.31 bits per heavy atom. The molecular formula is C13H19N3. The van der Waals surface area contributed by atoms with Gasteiger partial charge in [-0.1, -0.05) is 19.4 Å². The van der Waals surface area contributed by atoms with Gasteiger partial charge in [-0.2, -0.15) is 0 Å². The van der Waals surface area contributed by atoms with Crippen molar-refractivity contribution < 1.29 is 0 Å². The zero-order chi connectivity index (χ0) is 11.4. The van der Waals surface area contributed by atoms with Crippen LogP contribution in [0.3, 0.4) is 0 Å². The Balaban J connectivity index is 2.06. The molecule has 0 spiro atoms. The van der Waals surface area contributed by atoms with E-state index in [1.54, 1.807) is 0 Å². The molecule has 1 unspecified atom stereocenters. The normalized spacial score (nSPS) is 13.1. The minimum atomic E-state index is 0.573. The summed E-state index contributed by atoms with van der Waals surface area (Å²) in [6, 6.07) is 6.80. The monoisotopic (exact) mass is 217 g/mol. The third-order valence-corrected chi connectivity index (χ3v) is 2.87. The van der Waals surface area contributed by atoms with E-state index in [4.69, 9.17) is 0 Å². The highest BCUT2D eigenvalue weighted by Gasteiger charge is 2.03. The fraction of sp³-hybridized carbons (Fsp3) is 0.462. The molecule has 0 radical (unpaired) electrons. The fourth-order valence-electron chi connectivity index (χ4n) is 1.96. The van der Waals surface area contributed by atoms with Crippen molar-refractivity contribution in [3.8, 4) is 0 Å². The lowest BCUT2D eigenvalue weighted by Crippen LogP contribution is -2.26. The van der Waals surface area contributed by atoms with E-state index in [2.05, 4.69) is 40.7 Å². The van der Waals surface area contributed by atoms with E-state index < -0.39 is 0 Å². The highest BCUT2D eigenvalue weighted by Crippen LogP contribution is 2.06. The molecule has 1 N–H and O–H groups in total. The Hall–Kier alpha value is -1.35. The molecule has 2 aromatic heterocycles. The number of imidazole rings is 1. The van der Waals surface area contributed by atoms with Gasteiger partial charge >= 0.3 is 0 Å². The minimum Gasteiger partial charge on any atom is -0.309 e. The third-order valence-electron chi connectivity index (χ3n) is 2.87. The van der Waals surface area contributed by atoms with Crippen molar-refractivity contribution >= 4 is 5.65 Å². The van der Waals surface area contributed by atoms with Crippen molar-refractivity contribution in [2.45, 2.75) is 39.3 Å². The van der Waals surface area contributed by atoms with Crippen LogP contribution in [0.15, 0.2) is 30.6 Å². The van der Waals surface area contributed by atoms with Crippen molar-refractivity contribution in [2.24, 2.45) is 0 Å². The van der Waals surface area contributed by atoms with Gasteiger partial charge in [0.2, 0.25) is 0 Å². The molecule has 0 aliphatic rings. The summed E-state index contributed by atoms with van der Waals surface area (Å²) in [6.45, 7) is 5.35. The van der Waals surface area contributed by atoms with Gasteiger partial charge in [-0.3, -0.25) is 0 Å². The largest absolute Gasteiger partial charge is 0.309 e. The van der Waals surface area contributed by atoms with Crippen molar-refractivity contribution in [3.05, 3.63) is 36.3 Å². The molecule has 3 nitrogen and oxygen atoms in total. The lowest BCUT2D eigenvalue weighted by atomic mass is 10.2. The molecule has 0 aliphatic heterocycles. The van der Waals surface area contributed by atoms with Crippen molar-refractivity contribution in [1.82, 2.24) is 14.7 Å². The van der Waals surface area contributed by atoms with Gasteiger partial charge in [-0.05, 0) is 25.5 Å². The first-order valence-electron chi connectivity index (χ1n) is 5.95. The lowest BCUT2D eigenvalue weighted by Gasteiger charge is -2.13. The summed E-state index contributed by atoms with van der Waals surface area (Å²) in [6.07, 6.45) is 6.30. The van der Waals surface area contributed by atoms with E-state index in [1.807, 2.05) is 18.5 Å². The number of pyridine rings is 1. The van der Waals surface area contributed by atoms with Crippen molar-refractivity contribution in [2.75, 3.05) is 0 Å². The summed E-state index contributed by atoms with van der Waals surface area (Å²) in [4.78, 5) is 4.28. The first-order valence-corrected chi connectivity index (χ1v) is 5.95. The van der Waals surface area contributed by atoms with Gasteiger partial charge in [0.15, 0.2) is 0 Å². The van der Waals surface area contributed by atoms with Crippen LogP contribution in [0.4, 0.5) is 0 Å². The average Bonchev–Trinajstić information content (AvgIpc) is 2.75. The molecule has 0 bridgehead atoms. The second-order valence-electron chi connectivity index (χ2n) is 4.24. The zero-order valence-electron chi connectivity index (χ0n) is 9.98. The van der Waals surface area contributed by atoms with Crippen LogP contribution in [0.25, 0.3) is 5.65 Å². The van der Waals surface area contributed by atoms with Crippen LogP contribution >= 0.6 is 0 Å². The van der Waals surface area contributed by atoms with E-state index in [1.165, 1.54) is 18.5 Å². The highest BCUT2D eigenvalue weighted by molar-refractivity contribution is 5.39. The van der Waals surface area contributed by atoms with Crippen LogP contribution in [0.5, 0.6) is 0 Å². The summed E-state index contributed by atoms with van der Waals surface area (Å²) < 4.78 is 2.13. The number of hydrogen-bond acceptors (Lipinski definition) is 2. The molecule has 2 heterocycles. The SMILES string of the molecule is CCCC(C)NCc1cccc2nccn12. The Morgan fingerprint density at radius 3 is 3.12 bits per heavy atom. The van der Waals surface area contributed by atoms with Crippen LogP contribution in [-0.2, 0) is 6.54 Å². The molecule has 16 heavy (non-hydrogen) atoms. The van der Waals surface area contributed by atoms with Gasteiger partial charge in [0.1, 0.15) is 5.65 Å². The average molecular weight is 217 g/mol. The van der Waals surface area contributed by atoms with Gasteiger partial charge < -0.3 is 9.72 Å². The summed E-state index contributed by atoms with van der Waals surface area (Å²) in [5.74, 6) is 0. The maximum atomic E-state index is 4.28. The molecule has 3 heteroatoms. The predicted molar refractivity (Wildman–Crippen MR) is 66.4 cm³/mol. The van der Waals surface area contributed by atoms with Crippen LogP contribution in [0.1, 0.15) is 32.4 Å². The van der Waals surface area contributed by atoms with E-state index in [9.17, 15) is 0 Å². The zero-order valence-corrected chi connectivity index (χ0v) is 9.98. The second-order valence-corrected chi connectivity index (χ2v) is 4.24. The highest BCUT2D eigenvalue weighted by atomic mass is 15.0. The maximum Gasteiger partial charge on any atom is 0.136 e. The van der Waals surface area contributed by atoms with Crippen LogP contribution in [0.2, 0.25) is 0 Å². The number of nitrogens with one attached hydrogen (secondary N) is 1. The van der Waals surface area contributed by atoms with E-state index in [-0.39, 0.29) is 0 Å². The Bertz CT molecular complexity index is 447. The molecule has 0 saturated heterocycles. The fourth-order valence-corrected chi connectivity index (χ4v) is 1.96. The van der Waals surface area contributed by atoms with E-state index >= 15 is 0 Å². The molecule has 2 aromatic rings. The topological polar surface area (TPSA) is 29.3 Å². The first-order chi connectivity index (χ1) is 7.81. The lowest BCUT2D eigenvalue weighted by molar-refractivity contribution is 0.503. The summed E-state index contributed by atoms with van der Waals surface area (Å²) >= 11 is 0. The van der Waals surface area contributed by atoms with Crippen molar-refractivity contribution in [3.63, 3.8) is 0 Å². The Kier molecular flexibility index (Phi) is 3.57. The molecule has 0 aliphatic carbocycles. The smallest absolute Gasteiger partial charge is 0.136 e. The summed E-state index contributed by atoms with van der Waals surface area (Å²) in [5.41, 5.74) is 2.28. The van der Waals surface area contributed by atoms with E-state index in [0.717, 1.165) is 12.2 Å². The van der Waals surface area contributed by atoms with Crippen LogP contribution in [0, 0.1) is 0 Å². The standard InChI is InChI=1S/C13H19N3/c1-3-5-11(2)15-10-12-6-4-7-13-14-8-9-16(12)13/h4,6-9,11,15H,3,5,10H2,1-2H3. The predicted octanol–water partition coefficient (Wildman–Crippen LogP) is 2.61. The molecule has 86 valence electrons. The number of rotatable bonds is 5.